The number of nitrogens with one attached hydrogen (secondary N) is 1. The molecule has 1 aromatic carbocycles. The number of anilines is 1. The van der Waals surface area contributed by atoms with Gasteiger partial charge in [-0.2, -0.15) is 5.10 Å². The third-order valence-electron chi connectivity index (χ3n) is 2.53. The van der Waals surface area contributed by atoms with Crippen molar-refractivity contribution in [3.8, 4) is 0 Å². The maximum Gasteiger partial charge on any atom is 0.266 e. The third-order valence-corrected chi connectivity index (χ3v) is 3.89. The lowest BCUT2D eigenvalue weighted by atomic mass is 10.2. The Morgan fingerprint density at radius 1 is 1.40 bits per heavy atom. The molecule has 20 heavy (non-hydrogen) atoms. The maximum absolute atomic E-state index is 13.7. The second-order valence-corrected chi connectivity index (χ2v) is 5.72. The highest BCUT2D eigenvalue weighted by molar-refractivity contribution is 7.92. The van der Waals surface area contributed by atoms with Crippen molar-refractivity contribution in [2.24, 2.45) is 12.8 Å². The van der Waals surface area contributed by atoms with Crippen LogP contribution >= 0.6 is 0 Å². The zero-order valence-electron chi connectivity index (χ0n) is 10.5. The first-order valence-electron chi connectivity index (χ1n) is 5.54. The minimum absolute atomic E-state index is 0.00506. The molecule has 2 rings (SSSR count). The van der Waals surface area contributed by atoms with Gasteiger partial charge in [0.05, 0.1) is 0 Å². The van der Waals surface area contributed by atoms with Crippen molar-refractivity contribution in [3.63, 3.8) is 0 Å². The van der Waals surface area contributed by atoms with Crippen molar-refractivity contribution in [3.05, 3.63) is 41.6 Å². The van der Waals surface area contributed by atoms with Crippen LogP contribution in [0, 0.1) is 11.6 Å². The molecule has 0 aliphatic rings. The van der Waals surface area contributed by atoms with Crippen LogP contribution in [0.25, 0.3) is 0 Å². The number of halogens is 2. The number of aryl methyl sites for hydroxylation is 1. The number of nitrogens with zero attached hydrogens (tertiary/aromatic N) is 2. The van der Waals surface area contributed by atoms with E-state index in [0.29, 0.717) is 0 Å². The van der Waals surface area contributed by atoms with E-state index in [1.165, 1.54) is 16.9 Å². The summed E-state index contributed by atoms with van der Waals surface area (Å²) in [5.41, 5.74) is 5.49. The van der Waals surface area contributed by atoms with Gasteiger partial charge >= 0.3 is 0 Å². The fraction of sp³-hybridized carbons (Fsp3) is 0.182. The minimum Gasteiger partial charge on any atom is -0.326 e. The summed E-state index contributed by atoms with van der Waals surface area (Å²) < 4.78 is 54.5. The van der Waals surface area contributed by atoms with Crippen molar-refractivity contribution >= 4 is 15.8 Å². The molecular formula is C11H12F2N4O2S. The van der Waals surface area contributed by atoms with E-state index >= 15 is 0 Å². The summed E-state index contributed by atoms with van der Waals surface area (Å²) in [5.74, 6) is -2.72. The van der Waals surface area contributed by atoms with E-state index in [1.54, 1.807) is 7.05 Å². The molecule has 0 unspecified atom stereocenters. The molecule has 0 amide bonds. The molecule has 108 valence electrons. The summed E-state index contributed by atoms with van der Waals surface area (Å²) in [6.07, 6.45) is 1.51. The molecule has 2 aromatic rings. The highest BCUT2D eigenvalue weighted by Crippen LogP contribution is 2.21. The van der Waals surface area contributed by atoms with E-state index in [4.69, 9.17) is 5.73 Å². The number of hydrogen-bond acceptors (Lipinski definition) is 4. The Bertz CT molecular complexity index is 743. The van der Waals surface area contributed by atoms with Gasteiger partial charge in [-0.1, -0.05) is 0 Å². The summed E-state index contributed by atoms with van der Waals surface area (Å²) in [6, 6.07) is 3.23. The Morgan fingerprint density at radius 3 is 2.65 bits per heavy atom. The quantitative estimate of drug-likeness (QED) is 0.880. The number of hydrogen-bond donors (Lipinski definition) is 2. The first-order valence-corrected chi connectivity index (χ1v) is 7.02. The highest BCUT2D eigenvalue weighted by atomic mass is 32.2. The number of aromatic nitrogens is 2. The van der Waals surface area contributed by atoms with E-state index in [2.05, 4.69) is 9.82 Å². The molecule has 0 radical (unpaired) electrons. The van der Waals surface area contributed by atoms with Crippen molar-refractivity contribution in [2.45, 2.75) is 11.4 Å². The topological polar surface area (TPSA) is 90.0 Å². The zero-order valence-corrected chi connectivity index (χ0v) is 11.3. The molecule has 0 atom stereocenters. The second kappa shape index (κ2) is 5.17. The fourth-order valence-electron chi connectivity index (χ4n) is 1.59. The summed E-state index contributed by atoms with van der Waals surface area (Å²) >= 11 is 0. The summed E-state index contributed by atoms with van der Waals surface area (Å²) in [7, 11) is -2.69. The molecule has 1 heterocycles. The Morgan fingerprint density at radius 2 is 2.10 bits per heavy atom. The average Bonchev–Trinajstić information content (AvgIpc) is 2.76. The summed E-state index contributed by atoms with van der Waals surface area (Å²) in [6.45, 7) is -0.108. The monoisotopic (exact) mass is 302 g/mol. The van der Waals surface area contributed by atoms with Gasteiger partial charge in [0.2, 0.25) is 0 Å². The predicted molar refractivity (Wildman–Crippen MR) is 68.3 cm³/mol. The lowest BCUT2D eigenvalue weighted by molar-refractivity contribution is 0.483. The van der Waals surface area contributed by atoms with Crippen molar-refractivity contribution in [1.29, 1.82) is 0 Å². The van der Waals surface area contributed by atoms with Gasteiger partial charge in [-0.3, -0.25) is 9.40 Å². The van der Waals surface area contributed by atoms with Crippen LogP contribution in [0.4, 0.5) is 14.6 Å². The first kappa shape index (κ1) is 14.4. The highest BCUT2D eigenvalue weighted by Gasteiger charge is 2.23. The lowest BCUT2D eigenvalue weighted by Gasteiger charge is -2.09. The van der Waals surface area contributed by atoms with E-state index in [-0.39, 0.29) is 17.9 Å². The zero-order chi connectivity index (χ0) is 14.9. The van der Waals surface area contributed by atoms with E-state index in [1.807, 2.05) is 0 Å². The fourth-order valence-corrected chi connectivity index (χ4v) is 2.73. The van der Waals surface area contributed by atoms with Gasteiger partial charge < -0.3 is 5.73 Å². The van der Waals surface area contributed by atoms with Crippen molar-refractivity contribution < 1.29 is 17.2 Å². The summed E-state index contributed by atoms with van der Waals surface area (Å²) in [4.78, 5) is -0.802. The molecule has 0 aliphatic heterocycles. The third kappa shape index (κ3) is 2.78. The van der Waals surface area contributed by atoms with Crippen LogP contribution in [0.3, 0.4) is 0 Å². The van der Waals surface area contributed by atoms with Gasteiger partial charge in [0, 0.05) is 25.9 Å². The Hall–Kier alpha value is -2.00. The van der Waals surface area contributed by atoms with Crippen LogP contribution in [0.2, 0.25) is 0 Å². The van der Waals surface area contributed by atoms with Crippen LogP contribution in [0.5, 0.6) is 0 Å². The molecule has 6 nitrogen and oxygen atoms in total. The molecule has 3 N–H and O–H groups in total. The lowest BCUT2D eigenvalue weighted by Crippen LogP contribution is -2.17. The normalized spacial score (nSPS) is 11.6. The number of nitrogens with two attached hydrogens (primary N) is 1. The standard InChI is InChI=1S/C11H12F2N4O2S/c1-17-3-2-10(15-17)16-20(18,19)9-5-7(6-14)4-8(12)11(9)13/h2-5H,6,14H2,1H3,(H,15,16). The van der Waals surface area contributed by atoms with Crippen LogP contribution < -0.4 is 10.5 Å². The van der Waals surface area contributed by atoms with E-state index in [9.17, 15) is 17.2 Å². The molecule has 9 heteroatoms. The average molecular weight is 302 g/mol. The van der Waals surface area contributed by atoms with Gasteiger partial charge in [-0.25, -0.2) is 17.2 Å². The number of rotatable bonds is 4. The van der Waals surface area contributed by atoms with Crippen molar-refractivity contribution in [2.75, 3.05) is 4.72 Å². The molecule has 0 fully saturated rings. The predicted octanol–water partition coefficient (Wildman–Crippen LogP) is 0.958. The Labute approximate surface area is 114 Å². The second-order valence-electron chi connectivity index (χ2n) is 4.07. The smallest absolute Gasteiger partial charge is 0.266 e. The minimum atomic E-state index is -4.28. The molecule has 0 aliphatic carbocycles. The van der Waals surface area contributed by atoms with Gasteiger partial charge in [-0.15, -0.1) is 0 Å². The molecule has 0 saturated heterocycles. The molecular weight excluding hydrogens is 290 g/mol. The Balaban J connectivity index is 2.46. The SMILES string of the molecule is Cn1ccc(NS(=O)(=O)c2cc(CN)cc(F)c2F)n1. The maximum atomic E-state index is 13.7. The number of benzene rings is 1. The van der Waals surface area contributed by atoms with Crippen LogP contribution in [0.15, 0.2) is 29.3 Å². The first-order chi connectivity index (χ1) is 9.33. The van der Waals surface area contributed by atoms with Crippen molar-refractivity contribution in [1.82, 2.24) is 9.78 Å². The largest absolute Gasteiger partial charge is 0.326 e. The van der Waals surface area contributed by atoms with Gasteiger partial charge in [0.25, 0.3) is 10.0 Å². The molecule has 0 spiro atoms. The van der Waals surface area contributed by atoms with Crippen LogP contribution in [-0.2, 0) is 23.6 Å². The van der Waals surface area contributed by atoms with Crippen LogP contribution in [-0.4, -0.2) is 18.2 Å². The molecule has 0 saturated carbocycles. The van der Waals surface area contributed by atoms with Gasteiger partial charge in [0.1, 0.15) is 4.90 Å². The van der Waals surface area contributed by atoms with E-state index in [0.717, 1.165) is 12.1 Å². The molecule has 0 bridgehead atoms. The van der Waals surface area contributed by atoms with E-state index < -0.39 is 26.6 Å². The van der Waals surface area contributed by atoms with Crippen LogP contribution in [0.1, 0.15) is 5.56 Å². The van der Waals surface area contributed by atoms with Gasteiger partial charge in [-0.05, 0) is 17.7 Å². The summed E-state index contributed by atoms with van der Waals surface area (Å²) in [5, 5.41) is 3.80. The Kier molecular flexibility index (Phi) is 3.73. The molecule has 1 aromatic heterocycles. The van der Waals surface area contributed by atoms with Gasteiger partial charge in [0.15, 0.2) is 17.5 Å². The number of sulfonamides is 1.